The molecule has 0 aromatic carbocycles. The van der Waals surface area contributed by atoms with Crippen LogP contribution in [-0.2, 0) is 0 Å². The maximum Gasteiger partial charge on any atom is 0.135 e. The Hall–Kier alpha value is -0.0800. The van der Waals surface area contributed by atoms with Gasteiger partial charge in [-0.25, -0.2) is 0 Å². The van der Waals surface area contributed by atoms with Crippen molar-refractivity contribution in [3.05, 3.63) is 0 Å². The summed E-state index contributed by atoms with van der Waals surface area (Å²) in [4.78, 5) is 1.87. The van der Waals surface area contributed by atoms with Crippen molar-refractivity contribution >= 4 is 0 Å². The first kappa shape index (κ1) is 17.0. The highest BCUT2D eigenvalue weighted by Crippen LogP contribution is 2.03. The van der Waals surface area contributed by atoms with Gasteiger partial charge < -0.3 is 10.2 Å². The van der Waals surface area contributed by atoms with Gasteiger partial charge in [0.1, 0.15) is 12.6 Å². The molecule has 0 spiro atoms. The van der Waals surface area contributed by atoms with E-state index in [0.29, 0.717) is 0 Å². The van der Waals surface area contributed by atoms with Gasteiger partial charge in [0.15, 0.2) is 0 Å². The van der Waals surface area contributed by atoms with E-state index in [4.69, 9.17) is 0 Å². The summed E-state index contributed by atoms with van der Waals surface area (Å²) in [7, 11) is 0. The largest absolute Gasteiger partial charge is 0.339 e. The minimum absolute atomic E-state index is 0.854. The molecular formula is C17H38N2+2. The molecule has 1 fully saturated rings. The third-order valence-corrected chi connectivity index (χ3v) is 4.48. The molecule has 1 aliphatic rings. The molecule has 1 heterocycles. The van der Waals surface area contributed by atoms with E-state index in [1.54, 1.807) is 0 Å². The van der Waals surface area contributed by atoms with Crippen molar-refractivity contribution in [2.24, 2.45) is 11.8 Å². The van der Waals surface area contributed by atoms with Crippen LogP contribution in [-0.4, -0.2) is 32.2 Å². The molecule has 3 N–H and O–H groups in total. The van der Waals surface area contributed by atoms with Crippen molar-refractivity contribution in [2.45, 2.75) is 72.3 Å². The molecular weight excluding hydrogens is 232 g/mol. The zero-order valence-electron chi connectivity index (χ0n) is 13.9. The van der Waals surface area contributed by atoms with E-state index in [9.17, 15) is 0 Å². The van der Waals surface area contributed by atoms with Crippen LogP contribution in [0.15, 0.2) is 0 Å². The molecule has 2 heteroatoms. The van der Waals surface area contributed by atoms with Crippen LogP contribution in [0, 0.1) is 11.8 Å². The average molecular weight is 271 g/mol. The van der Waals surface area contributed by atoms with Crippen molar-refractivity contribution in [3.8, 4) is 0 Å². The van der Waals surface area contributed by atoms with Crippen LogP contribution in [0.4, 0.5) is 0 Å². The predicted octanol–water partition coefficient (Wildman–Crippen LogP) is 1.47. The molecule has 1 saturated heterocycles. The van der Waals surface area contributed by atoms with E-state index in [1.165, 1.54) is 64.7 Å². The Morgan fingerprint density at radius 3 is 2.16 bits per heavy atom. The Morgan fingerprint density at radius 2 is 1.58 bits per heavy atom. The van der Waals surface area contributed by atoms with Crippen molar-refractivity contribution in [2.75, 3.05) is 26.2 Å². The number of hydrogen-bond donors (Lipinski definition) is 2. The summed E-state index contributed by atoms with van der Waals surface area (Å²) in [6.45, 7) is 15.0. The van der Waals surface area contributed by atoms with Crippen LogP contribution in [0.1, 0.15) is 66.2 Å². The van der Waals surface area contributed by atoms with Crippen molar-refractivity contribution < 1.29 is 10.2 Å². The van der Waals surface area contributed by atoms with Gasteiger partial charge in [-0.2, -0.15) is 0 Å². The van der Waals surface area contributed by atoms with E-state index in [0.717, 1.165) is 17.9 Å². The lowest BCUT2D eigenvalue weighted by Gasteiger charge is -2.24. The van der Waals surface area contributed by atoms with Crippen molar-refractivity contribution in [1.29, 1.82) is 0 Å². The Kier molecular flexibility index (Phi) is 8.72. The highest BCUT2D eigenvalue weighted by Gasteiger charge is 2.21. The minimum atomic E-state index is 0.854. The molecule has 1 atom stereocenters. The van der Waals surface area contributed by atoms with Crippen LogP contribution >= 0.6 is 0 Å². The lowest BCUT2D eigenvalue weighted by Crippen LogP contribution is -3.16. The first-order valence-electron chi connectivity index (χ1n) is 8.74. The molecule has 0 unspecified atom stereocenters. The monoisotopic (exact) mass is 270 g/mol. The normalized spacial score (nSPS) is 21.3. The summed E-state index contributed by atoms with van der Waals surface area (Å²) in [5, 5.41) is 2.64. The zero-order valence-corrected chi connectivity index (χ0v) is 13.9. The fourth-order valence-corrected chi connectivity index (χ4v) is 3.07. The third-order valence-electron chi connectivity index (χ3n) is 4.48. The van der Waals surface area contributed by atoms with E-state index in [2.05, 4.69) is 33.0 Å². The number of hydrogen-bond acceptors (Lipinski definition) is 0. The summed E-state index contributed by atoms with van der Waals surface area (Å²) in [5.41, 5.74) is 0. The summed E-state index contributed by atoms with van der Waals surface area (Å²) >= 11 is 0. The zero-order chi connectivity index (χ0) is 14.1. The summed E-state index contributed by atoms with van der Waals surface area (Å²) in [5.74, 6) is 1.71. The Bertz CT molecular complexity index is 193. The second kappa shape index (κ2) is 9.77. The standard InChI is InChI=1S/C17H36N2/c1-15(2)9-12-19(13-10-16(3)4)14-17-8-6-5-7-11-18-17/h15-18H,5-14H2,1-4H3/p+2/t17-/m1/s1. The molecule has 0 bridgehead atoms. The first-order chi connectivity index (χ1) is 9.08. The van der Waals surface area contributed by atoms with Gasteiger partial charge in [0.25, 0.3) is 0 Å². The second-order valence-corrected chi connectivity index (χ2v) is 7.45. The first-order valence-corrected chi connectivity index (χ1v) is 8.74. The molecule has 0 amide bonds. The molecule has 1 aliphatic heterocycles. The van der Waals surface area contributed by atoms with Crippen LogP contribution in [0.2, 0.25) is 0 Å². The average Bonchev–Trinajstić information content (AvgIpc) is 2.60. The van der Waals surface area contributed by atoms with Gasteiger partial charge in [-0.05, 0) is 43.9 Å². The van der Waals surface area contributed by atoms with Gasteiger partial charge in [-0.3, -0.25) is 0 Å². The quantitative estimate of drug-likeness (QED) is 0.666. The summed E-state index contributed by atoms with van der Waals surface area (Å²) < 4.78 is 0. The lowest BCUT2D eigenvalue weighted by molar-refractivity contribution is -0.920. The number of nitrogens with one attached hydrogen (secondary N) is 1. The van der Waals surface area contributed by atoms with Crippen LogP contribution < -0.4 is 10.2 Å². The smallest absolute Gasteiger partial charge is 0.135 e. The van der Waals surface area contributed by atoms with Gasteiger partial charge in [0, 0.05) is 6.42 Å². The van der Waals surface area contributed by atoms with Gasteiger partial charge >= 0.3 is 0 Å². The molecule has 1 rings (SSSR count). The molecule has 0 aliphatic carbocycles. The molecule has 0 aromatic rings. The number of quaternary nitrogens is 2. The maximum atomic E-state index is 2.64. The van der Waals surface area contributed by atoms with Crippen LogP contribution in [0.3, 0.4) is 0 Å². The van der Waals surface area contributed by atoms with Crippen molar-refractivity contribution in [1.82, 2.24) is 0 Å². The topological polar surface area (TPSA) is 21.1 Å². The van der Waals surface area contributed by atoms with Crippen LogP contribution in [0.25, 0.3) is 0 Å². The summed E-state index contributed by atoms with van der Waals surface area (Å²) in [6.07, 6.45) is 8.58. The second-order valence-electron chi connectivity index (χ2n) is 7.45. The molecule has 0 radical (unpaired) electrons. The highest BCUT2D eigenvalue weighted by atomic mass is 15.1. The van der Waals surface area contributed by atoms with Crippen molar-refractivity contribution in [3.63, 3.8) is 0 Å². The van der Waals surface area contributed by atoms with Gasteiger partial charge in [0.05, 0.1) is 19.6 Å². The minimum Gasteiger partial charge on any atom is -0.339 e. The number of rotatable bonds is 8. The molecule has 0 aromatic heterocycles. The molecule has 2 nitrogen and oxygen atoms in total. The lowest BCUT2D eigenvalue weighted by atomic mass is 10.1. The van der Waals surface area contributed by atoms with E-state index in [1.807, 2.05) is 4.90 Å². The molecule has 114 valence electrons. The van der Waals surface area contributed by atoms with E-state index >= 15 is 0 Å². The molecule has 0 saturated carbocycles. The predicted molar refractivity (Wildman–Crippen MR) is 83.5 cm³/mol. The van der Waals surface area contributed by atoms with Gasteiger partial charge in [0.2, 0.25) is 0 Å². The number of nitrogens with two attached hydrogens (primary N) is 1. The summed E-state index contributed by atoms with van der Waals surface area (Å²) in [6, 6.07) is 0.900. The van der Waals surface area contributed by atoms with E-state index < -0.39 is 0 Å². The SMILES string of the molecule is CC(C)CC[NH+](CCC(C)C)C[C@H]1CCCCC[NH2+]1. The Balaban J connectivity index is 2.36. The van der Waals surface area contributed by atoms with E-state index in [-0.39, 0.29) is 0 Å². The Labute approximate surface area is 121 Å². The van der Waals surface area contributed by atoms with Gasteiger partial charge in [-0.1, -0.05) is 27.7 Å². The highest BCUT2D eigenvalue weighted by molar-refractivity contribution is 4.57. The van der Waals surface area contributed by atoms with Gasteiger partial charge in [-0.15, -0.1) is 0 Å². The fourth-order valence-electron chi connectivity index (χ4n) is 3.07. The third kappa shape index (κ3) is 8.65. The molecule has 19 heavy (non-hydrogen) atoms. The maximum absolute atomic E-state index is 2.64. The van der Waals surface area contributed by atoms with Crippen LogP contribution in [0.5, 0.6) is 0 Å². The fraction of sp³-hybridized carbons (Fsp3) is 1.00. The Morgan fingerprint density at radius 1 is 0.947 bits per heavy atom.